The van der Waals surface area contributed by atoms with Gasteiger partial charge in [0.05, 0.1) is 19.3 Å². The summed E-state index contributed by atoms with van der Waals surface area (Å²) in [6.45, 7) is 2.25. The smallest absolute Gasteiger partial charge is 0.350 e. The normalized spacial score (nSPS) is 17.0. The van der Waals surface area contributed by atoms with Crippen LogP contribution in [0.2, 0.25) is 0 Å². The Labute approximate surface area is 158 Å². The monoisotopic (exact) mass is 364 g/mol. The van der Waals surface area contributed by atoms with Gasteiger partial charge in [-0.3, -0.25) is 0 Å². The molecular formula is C21H24N4O2. The zero-order valence-electron chi connectivity index (χ0n) is 15.5. The van der Waals surface area contributed by atoms with Crippen molar-refractivity contribution in [2.45, 2.75) is 25.3 Å². The average molecular weight is 364 g/mol. The van der Waals surface area contributed by atoms with E-state index in [1.165, 1.54) is 0 Å². The van der Waals surface area contributed by atoms with Crippen molar-refractivity contribution in [2.24, 2.45) is 0 Å². The van der Waals surface area contributed by atoms with Crippen molar-refractivity contribution in [3.8, 4) is 11.4 Å². The van der Waals surface area contributed by atoms with Crippen molar-refractivity contribution in [2.75, 3.05) is 20.2 Å². The molecule has 1 saturated heterocycles. The number of nitrogens with zero attached hydrogens (tertiary/aromatic N) is 3. The number of aromatic nitrogens is 3. The molecule has 1 aliphatic heterocycles. The third-order valence-electron chi connectivity index (χ3n) is 5.05. The summed E-state index contributed by atoms with van der Waals surface area (Å²) in [7, 11) is 1.64. The van der Waals surface area contributed by atoms with Crippen molar-refractivity contribution < 1.29 is 4.74 Å². The van der Waals surface area contributed by atoms with Crippen molar-refractivity contribution >= 4 is 0 Å². The molecule has 0 unspecified atom stereocenters. The number of ether oxygens (including phenoxy) is 1. The van der Waals surface area contributed by atoms with Gasteiger partial charge >= 0.3 is 5.69 Å². The molecule has 6 nitrogen and oxygen atoms in total. The van der Waals surface area contributed by atoms with Crippen LogP contribution in [0.5, 0.6) is 5.75 Å². The minimum Gasteiger partial charge on any atom is -0.496 e. The molecule has 0 amide bonds. The molecule has 0 spiro atoms. The van der Waals surface area contributed by atoms with Crippen LogP contribution in [-0.2, 0) is 6.54 Å². The van der Waals surface area contributed by atoms with Gasteiger partial charge in [-0.05, 0) is 37.6 Å². The zero-order valence-corrected chi connectivity index (χ0v) is 15.5. The summed E-state index contributed by atoms with van der Waals surface area (Å²) in [5.41, 5.74) is 1.68. The second-order valence-corrected chi connectivity index (χ2v) is 6.82. The van der Waals surface area contributed by atoms with E-state index >= 15 is 0 Å². The summed E-state index contributed by atoms with van der Waals surface area (Å²) in [6, 6.07) is 17.5. The van der Waals surface area contributed by atoms with E-state index < -0.39 is 0 Å². The maximum absolute atomic E-state index is 13.2. The molecule has 2 aromatic carbocycles. The highest BCUT2D eigenvalue weighted by Crippen LogP contribution is 2.24. The molecule has 0 bridgehead atoms. The second-order valence-electron chi connectivity index (χ2n) is 6.82. The number of hydrogen-bond donors (Lipinski definition) is 1. The molecular weight excluding hydrogens is 340 g/mol. The van der Waals surface area contributed by atoms with Crippen molar-refractivity contribution in [3.63, 3.8) is 0 Å². The molecule has 140 valence electrons. The van der Waals surface area contributed by atoms with E-state index in [1.807, 2.05) is 54.6 Å². The number of methoxy groups -OCH3 is 1. The SMILES string of the molecule is COc1ccccc1Cn1nc([C@@H]2CCCNC2)n(-c2ccccc2)c1=O. The van der Waals surface area contributed by atoms with E-state index in [4.69, 9.17) is 9.84 Å². The molecule has 1 aliphatic rings. The van der Waals surface area contributed by atoms with Gasteiger partial charge < -0.3 is 10.1 Å². The molecule has 0 saturated carbocycles. The minimum atomic E-state index is -0.118. The maximum atomic E-state index is 13.2. The van der Waals surface area contributed by atoms with Gasteiger partial charge in [0, 0.05) is 18.0 Å². The van der Waals surface area contributed by atoms with Gasteiger partial charge in [0.2, 0.25) is 0 Å². The second kappa shape index (κ2) is 7.80. The highest BCUT2D eigenvalue weighted by atomic mass is 16.5. The van der Waals surface area contributed by atoms with Crippen LogP contribution in [0.1, 0.15) is 30.1 Å². The first-order valence-electron chi connectivity index (χ1n) is 9.35. The first-order valence-corrected chi connectivity index (χ1v) is 9.35. The number of hydrogen-bond acceptors (Lipinski definition) is 4. The van der Waals surface area contributed by atoms with Gasteiger partial charge in [-0.2, -0.15) is 5.10 Å². The lowest BCUT2D eigenvalue weighted by Gasteiger charge is -2.22. The Morgan fingerprint density at radius 3 is 2.67 bits per heavy atom. The minimum absolute atomic E-state index is 0.118. The lowest BCUT2D eigenvalue weighted by molar-refractivity contribution is 0.406. The van der Waals surface area contributed by atoms with Gasteiger partial charge in [0.15, 0.2) is 0 Å². The molecule has 1 aromatic heterocycles. The fraction of sp³-hybridized carbons (Fsp3) is 0.333. The molecule has 2 heterocycles. The molecule has 3 aromatic rings. The van der Waals surface area contributed by atoms with Gasteiger partial charge in [-0.1, -0.05) is 36.4 Å². The lowest BCUT2D eigenvalue weighted by atomic mass is 9.99. The summed E-state index contributed by atoms with van der Waals surface area (Å²) >= 11 is 0. The predicted molar refractivity (Wildman–Crippen MR) is 105 cm³/mol. The Bertz CT molecular complexity index is 956. The van der Waals surface area contributed by atoms with Crippen LogP contribution in [0.4, 0.5) is 0 Å². The summed E-state index contributed by atoms with van der Waals surface area (Å²) in [5, 5.41) is 8.18. The molecule has 1 atom stereocenters. The Balaban J connectivity index is 1.79. The highest BCUT2D eigenvalue weighted by molar-refractivity contribution is 5.35. The Morgan fingerprint density at radius 2 is 1.93 bits per heavy atom. The zero-order chi connectivity index (χ0) is 18.6. The van der Waals surface area contributed by atoms with Crippen LogP contribution in [0.15, 0.2) is 59.4 Å². The van der Waals surface area contributed by atoms with Crippen LogP contribution in [0.25, 0.3) is 5.69 Å². The van der Waals surface area contributed by atoms with Crippen LogP contribution in [-0.4, -0.2) is 34.5 Å². The molecule has 6 heteroatoms. The van der Waals surface area contributed by atoms with E-state index in [1.54, 1.807) is 16.4 Å². The fourth-order valence-corrected chi connectivity index (χ4v) is 3.68. The van der Waals surface area contributed by atoms with Crippen LogP contribution >= 0.6 is 0 Å². The van der Waals surface area contributed by atoms with E-state index in [-0.39, 0.29) is 11.6 Å². The van der Waals surface area contributed by atoms with Gasteiger partial charge in [-0.15, -0.1) is 0 Å². The van der Waals surface area contributed by atoms with E-state index in [2.05, 4.69) is 5.32 Å². The number of nitrogens with one attached hydrogen (secondary N) is 1. The molecule has 27 heavy (non-hydrogen) atoms. The summed E-state index contributed by atoms with van der Waals surface area (Å²) in [6.07, 6.45) is 2.12. The third-order valence-corrected chi connectivity index (χ3v) is 5.05. The summed E-state index contributed by atoms with van der Waals surface area (Å²) in [4.78, 5) is 13.2. The number of benzene rings is 2. The molecule has 1 N–H and O–H groups in total. The van der Waals surface area contributed by atoms with Crippen molar-refractivity contribution in [1.82, 2.24) is 19.7 Å². The number of piperidine rings is 1. The molecule has 1 fully saturated rings. The Kier molecular flexibility index (Phi) is 5.07. The summed E-state index contributed by atoms with van der Waals surface area (Å²) in [5.74, 6) is 1.82. The van der Waals surface area contributed by atoms with Gasteiger partial charge in [-0.25, -0.2) is 14.0 Å². The van der Waals surface area contributed by atoms with E-state index in [0.29, 0.717) is 6.54 Å². The fourth-order valence-electron chi connectivity index (χ4n) is 3.68. The highest BCUT2D eigenvalue weighted by Gasteiger charge is 2.25. The largest absolute Gasteiger partial charge is 0.496 e. The van der Waals surface area contributed by atoms with E-state index in [9.17, 15) is 4.79 Å². The molecule has 0 radical (unpaired) electrons. The topological polar surface area (TPSA) is 61.1 Å². The average Bonchev–Trinajstić information content (AvgIpc) is 3.06. The third kappa shape index (κ3) is 3.53. The quantitative estimate of drug-likeness (QED) is 0.756. The maximum Gasteiger partial charge on any atom is 0.350 e. The van der Waals surface area contributed by atoms with Crippen LogP contribution in [0, 0.1) is 0 Å². The van der Waals surface area contributed by atoms with Crippen LogP contribution in [0.3, 0.4) is 0 Å². The standard InChI is InChI=1S/C21H24N4O2/c1-27-19-12-6-5-8-17(19)15-24-21(26)25(18-10-3-2-4-11-18)20(23-24)16-9-7-13-22-14-16/h2-6,8,10-12,16,22H,7,9,13-15H2,1H3/t16-/m1/s1. The molecule has 0 aliphatic carbocycles. The van der Waals surface area contributed by atoms with E-state index in [0.717, 1.165) is 48.8 Å². The van der Waals surface area contributed by atoms with Gasteiger partial charge in [0.25, 0.3) is 0 Å². The van der Waals surface area contributed by atoms with Crippen molar-refractivity contribution in [1.29, 1.82) is 0 Å². The number of para-hydroxylation sites is 2. The summed E-state index contributed by atoms with van der Waals surface area (Å²) < 4.78 is 8.74. The number of rotatable bonds is 5. The Morgan fingerprint density at radius 1 is 1.15 bits per heavy atom. The first-order chi connectivity index (χ1) is 13.3. The van der Waals surface area contributed by atoms with Gasteiger partial charge in [0.1, 0.15) is 11.6 Å². The van der Waals surface area contributed by atoms with Crippen molar-refractivity contribution in [3.05, 3.63) is 76.5 Å². The Hall–Kier alpha value is -2.86. The first kappa shape index (κ1) is 17.5. The molecule has 4 rings (SSSR count). The van der Waals surface area contributed by atoms with Crippen LogP contribution < -0.4 is 15.7 Å². The lowest BCUT2D eigenvalue weighted by Crippen LogP contribution is -2.31. The predicted octanol–water partition coefficient (Wildman–Crippen LogP) is 2.56.